The van der Waals surface area contributed by atoms with Crippen LogP contribution in [-0.4, -0.2) is 46.8 Å². The van der Waals surface area contributed by atoms with E-state index in [2.05, 4.69) is 32.8 Å². The summed E-state index contributed by atoms with van der Waals surface area (Å²) in [6.45, 7) is 3.49. The Morgan fingerprint density at radius 3 is 3.07 bits per heavy atom. The summed E-state index contributed by atoms with van der Waals surface area (Å²) in [7, 11) is 0. The van der Waals surface area contributed by atoms with E-state index in [4.69, 9.17) is 10.5 Å². The van der Waals surface area contributed by atoms with Gasteiger partial charge in [0.05, 0.1) is 11.3 Å². The Hall–Kier alpha value is -3.07. The lowest BCUT2D eigenvalue weighted by Crippen LogP contribution is -2.23. The van der Waals surface area contributed by atoms with E-state index in [-0.39, 0.29) is 12.2 Å². The van der Waals surface area contributed by atoms with Crippen molar-refractivity contribution in [3.05, 3.63) is 30.0 Å². The van der Waals surface area contributed by atoms with Crippen molar-refractivity contribution in [2.24, 2.45) is 5.73 Å². The maximum Gasteiger partial charge on any atom is 0.254 e. The first-order chi connectivity index (χ1) is 13.6. The molecule has 0 saturated carbocycles. The molecular weight excluding hydrogens is 360 g/mol. The molecule has 150 valence electrons. The third-order valence-electron chi connectivity index (χ3n) is 4.32. The molecule has 0 spiro atoms. The molecule has 0 aliphatic carbocycles. The Labute approximate surface area is 163 Å². The Balaban J connectivity index is 1.75. The van der Waals surface area contributed by atoms with Crippen molar-refractivity contribution < 1.29 is 14.6 Å². The highest BCUT2D eigenvalue weighted by Crippen LogP contribution is 2.30. The second kappa shape index (κ2) is 9.23. The number of nitrogens with one attached hydrogen (secondary N) is 3. The molecule has 2 aromatic rings. The van der Waals surface area contributed by atoms with Gasteiger partial charge in [0.2, 0.25) is 5.95 Å². The highest BCUT2D eigenvalue weighted by molar-refractivity contribution is 5.97. The summed E-state index contributed by atoms with van der Waals surface area (Å²) in [6.07, 6.45) is 4.03. The van der Waals surface area contributed by atoms with Crippen molar-refractivity contribution in [1.82, 2.24) is 9.97 Å². The highest BCUT2D eigenvalue weighted by atomic mass is 16.5. The third kappa shape index (κ3) is 5.01. The van der Waals surface area contributed by atoms with Gasteiger partial charge in [-0.2, -0.15) is 4.98 Å². The van der Waals surface area contributed by atoms with Gasteiger partial charge < -0.3 is 31.5 Å². The lowest BCUT2D eigenvalue weighted by Gasteiger charge is -2.13. The van der Waals surface area contributed by atoms with Crippen molar-refractivity contribution in [2.75, 3.05) is 35.6 Å². The molecule has 1 atom stereocenters. The van der Waals surface area contributed by atoms with Gasteiger partial charge in [-0.3, -0.25) is 4.79 Å². The number of rotatable bonds is 8. The number of aliphatic hydroxyl groups excluding tert-OH is 1. The number of β-amino-alcohol motifs (C(OH)–C–C–N with tert-alkyl or cyclic N) is 1. The van der Waals surface area contributed by atoms with Crippen LogP contribution in [0, 0.1) is 0 Å². The van der Waals surface area contributed by atoms with Crippen LogP contribution >= 0.6 is 0 Å². The number of unbranched alkanes of at least 4 members (excludes halogenated alkanes) is 2. The number of ether oxygens (including phenoxy) is 1. The molecule has 1 amide bonds. The van der Waals surface area contributed by atoms with E-state index in [0.29, 0.717) is 30.6 Å². The molecule has 28 heavy (non-hydrogen) atoms. The van der Waals surface area contributed by atoms with Crippen LogP contribution in [-0.2, 0) is 0 Å². The van der Waals surface area contributed by atoms with Crippen molar-refractivity contribution in [3.63, 3.8) is 0 Å². The molecule has 0 radical (unpaired) electrons. The molecule has 1 aliphatic heterocycles. The van der Waals surface area contributed by atoms with Gasteiger partial charge in [0.25, 0.3) is 5.91 Å². The zero-order valence-electron chi connectivity index (χ0n) is 15.9. The van der Waals surface area contributed by atoms with Crippen molar-refractivity contribution in [1.29, 1.82) is 0 Å². The summed E-state index contributed by atoms with van der Waals surface area (Å²) in [5.74, 6) is 0.859. The number of hydrogen-bond acceptors (Lipinski definition) is 8. The number of hydrogen-bond donors (Lipinski definition) is 5. The number of nitrogens with zero attached hydrogens (tertiary/aromatic N) is 2. The minimum absolute atomic E-state index is 0.248. The monoisotopic (exact) mass is 386 g/mol. The number of aliphatic hydroxyl groups is 1. The fourth-order valence-electron chi connectivity index (χ4n) is 2.81. The molecule has 9 heteroatoms. The van der Waals surface area contributed by atoms with Gasteiger partial charge >= 0.3 is 0 Å². The first kappa shape index (κ1) is 19.7. The van der Waals surface area contributed by atoms with Crippen LogP contribution in [0.4, 0.5) is 23.1 Å². The van der Waals surface area contributed by atoms with Gasteiger partial charge in [-0.25, -0.2) is 4.98 Å². The first-order valence-electron chi connectivity index (χ1n) is 9.43. The average molecular weight is 386 g/mol. The fraction of sp³-hybridized carbons (Fsp3) is 0.421. The standard InChI is InChI=1S/C19H26N6O3/c1-2-3-4-7-21-18-14(17(20)27)10-23-19(25-18)24-12-5-6-16-15(8-12)22-9-13(26)11-28-16/h5-6,8,10,13,22,26H,2-4,7,9,11H2,1H3,(H2,20,27)(H2,21,23,24,25)/t13-/m0/s1. The number of amides is 1. The number of primary amides is 1. The summed E-state index contributed by atoms with van der Waals surface area (Å²) >= 11 is 0. The van der Waals surface area contributed by atoms with Crippen molar-refractivity contribution in [2.45, 2.75) is 32.3 Å². The van der Waals surface area contributed by atoms with Crippen molar-refractivity contribution >= 4 is 29.0 Å². The molecule has 0 saturated heterocycles. The molecule has 0 unspecified atom stereocenters. The summed E-state index contributed by atoms with van der Waals surface area (Å²) < 4.78 is 5.56. The number of carbonyl (C=O) groups is 1. The van der Waals surface area contributed by atoms with Gasteiger partial charge in [0, 0.05) is 25.0 Å². The molecule has 1 aromatic carbocycles. The average Bonchev–Trinajstić information content (AvgIpc) is 2.87. The Bertz CT molecular complexity index is 829. The van der Waals surface area contributed by atoms with Crippen LogP contribution in [0.1, 0.15) is 36.5 Å². The largest absolute Gasteiger partial charge is 0.489 e. The highest BCUT2D eigenvalue weighted by Gasteiger charge is 2.16. The molecule has 1 aromatic heterocycles. The van der Waals surface area contributed by atoms with Gasteiger partial charge in [-0.1, -0.05) is 19.8 Å². The van der Waals surface area contributed by atoms with Gasteiger partial charge in [-0.15, -0.1) is 0 Å². The number of carbonyl (C=O) groups excluding carboxylic acids is 1. The molecule has 3 rings (SSSR count). The van der Waals surface area contributed by atoms with E-state index in [1.807, 2.05) is 18.2 Å². The van der Waals surface area contributed by atoms with Gasteiger partial charge in [0.1, 0.15) is 24.3 Å². The number of nitrogens with two attached hydrogens (primary N) is 1. The predicted octanol–water partition coefficient (Wildman–Crippen LogP) is 2.09. The third-order valence-corrected chi connectivity index (χ3v) is 4.32. The minimum atomic E-state index is -0.575. The molecule has 1 aliphatic rings. The zero-order valence-corrected chi connectivity index (χ0v) is 15.9. The van der Waals surface area contributed by atoms with Crippen LogP contribution < -0.4 is 26.4 Å². The summed E-state index contributed by atoms with van der Waals surface area (Å²) in [4.78, 5) is 20.2. The van der Waals surface area contributed by atoms with E-state index in [1.165, 1.54) is 6.20 Å². The van der Waals surface area contributed by atoms with E-state index >= 15 is 0 Å². The predicted molar refractivity (Wildman–Crippen MR) is 108 cm³/mol. The maximum atomic E-state index is 11.6. The fourth-order valence-corrected chi connectivity index (χ4v) is 2.81. The van der Waals surface area contributed by atoms with Gasteiger partial charge in [-0.05, 0) is 24.6 Å². The molecule has 0 bridgehead atoms. The molecular formula is C19H26N6O3. The van der Waals surface area contributed by atoms with Crippen molar-refractivity contribution in [3.8, 4) is 5.75 Å². The molecule has 0 fully saturated rings. The summed E-state index contributed by atoms with van der Waals surface area (Å²) in [6, 6.07) is 5.50. The number of benzene rings is 1. The van der Waals surface area contributed by atoms with E-state index in [9.17, 15) is 9.90 Å². The quantitative estimate of drug-likeness (QED) is 0.435. The second-order valence-corrected chi connectivity index (χ2v) is 6.64. The van der Waals surface area contributed by atoms with Crippen LogP contribution in [0.25, 0.3) is 0 Å². The summed E-state index contributed by atoms with van der Waals surface area (Å²) in [5, 5.41) is 19.1. The topological polar surface area (TPSA) is 134 Å². The second-order valence-electron chi connectivity index (χ2n) is 6.64. The number of fused-ring (bicyclic) bond motifs is 1. The number of anilines is 4. The minimum Gasteiger partial charge on any atom is -0.489 e. The van der Waals surface area contributed by atoms with Crippen LogP contribution in [0.5, 0.6) is 5.75 Å². The smallest absolute Gasteiger partial charge is 0.254 e. The zero-order chi connectivity index (χ0) is 19.9. The lowest BCUT2D eigenvalue weighted by atomic mass is 10.2. The van der Waals surface area contributed by atoms with E-state index in [0.717, 1.165) is 30.6 Å². The van der Waals surface area contributed by atoms with E-state index in [1.54, 1.807) is 0 Å². The van der Waals surface area contributed by atoms with Crippen LogP contribution in [0.3, 0.4) is 0 Å². The van der Waals surface area contributed by atoms with Gasteiger partial charge in [0.15, 0.2) is 0 Å². The maximum absolute atomic E-state index is 11.6. The Morgan fingerprint density at radius 2 is 2.29 bits per heavy atom. The van der Waals surface area contributed by atoms with Crippen LogP contribution in [0.15, 0.2) is 24.4 Å². The molecule has 9 nitrogen and oxygen atoms in total. The SMILES string of the molecule is CCCCCNc1nc(Nc2ccc3c(c2)NC[C@H](O)CO3)ncc1C(N)=O. The molecule has 6 N–H and O–H groups in total. The Kier molecular flexibility index (Phi) is 6.49. The first-order valence-corrected chi connectivity index (χ1v) is 9.43. The van der Waals surface area contributed by atoms with E-state index < -0.39 is 12.0 Å². The van der Waals surface area contributed by atoms with Crippen LogP contribution in [0.2, 0.25) is 0 Å². The number of aromatic nitrogens is 2. The Morgan fingerprint density at radius 1 is 1.43 bits per heavy atom. The summed E-state index contributed by atoms with van der Waals surface area (Å²) in [5.41, 5.74) is 7.20. The molecule has 2 heterocycles. The lowest BCUT2D eigenvalue weighted by molar-refractivity contribution is 0.100. The normalized spacial score (nSPS) is 15.6.